The number of fused-ring (bicyclic) bond motifs is 2. The van der Waals surface area contributed by atoms with Gasteiger partial charge in [0.05, 0.1) is 10.6 Å². The highest BCUT2D eigenvalue weighted by Crippen LogP contribution is 2.35. The van der Waals surface area contributed by atoms with Gasteiger partial charge < -0.3 is 9.32 Å². The number of amides is 1. The predicted octanol–water partition coefficient (Wildman–Crippen LogP) is 4.61. The van der Waals surface area contributed by atoms with Crippen LogP contribution in [0.2, 0.25) is 0 Å². The lowest BCUT2D eigenvalue weighted by Gasteiger charge is -2.16. The van der Waals surface area contributed by atoms with Crippen molar-refractivity contribution in [2.24, 2.45) is 0 Å². The first-order chi connectivity index (χ1) is 12.0. The zero-order chi connectivity index (χ0) is 17.7. The number of rotatable bonds is 2. The number of halogens is 1. The summed E-state index contributed by atoms with van der Waals surface area (Å²) >= 11 is 3.42. The van der Waals surface area contributed by atoms with E-state index in [0.717, 1.165) is 21.0 Å². The second kappa shape index (κ2) is 5.70. The molecule has 3 aromatic rings. The van der Waals surface area contributed by atoms with Crippen LogP contribution in [0.25, 0.3) is 11.0 Å². The summed E-state index contributed by atoms with van der Waals surface area (Å²) in [6.45, 7) is 2.32. The fourth-order valence-corrected chi connectivity index (χ4v) is 3.57. The van der Waals surface area contributed by atoms with E-state index in [0.29, 0.717) is 24.2 Å². The molecule has 0 unspecified atom stereocenters. The van der Waals surface area contributed by atoms with Crippen molar-refractivity contribution >= 4 is 44.2 Å². The molecule has 0 aliphatic carbocycles. The van der Waals surface area contributed by atoms with Crippen LogP contribution in [0.5, 0.6) is 0 Å². The number of benzene rings is 2. The first kappa shape index (κ1) is 15.8. The number of hydrogen-bond donors (Lipinski definition) is 0. The van der Waals surface area contributed by atoms with Gasteiger partial charge in [0.1, 0.15) is 5.58 Å². The number of hydrogen-bond acceptors (Lipinski definition) is 4. The Kier molecular flexibility index (Phi) is 3.61. The van der Waals surface area contributed by atoms with E-state index in [1.165, 1.54) is 12.1 Å². The van der Waals surface area contributed by atoms with Crippen molar-refractivity contribution in [2.75, 3.05) is 11.4 Å². The van der Waals surface area contributed by atoms with Crippen molar-refractivity contribution in [3.8, 4) is 0 Å². The average molecular weight is 401 g/mol. The van der Waals surface area contributed by atoms with Crippen LogP contribution in [-0.4, -0.2) is 17.4 Å². The zero-order valence-electron chi connectivity index (χ0n) is 13.3. The molecule has 1 amide bonds. The maximum absolute atomic E-state index is 13.0. The summed E-state index contributed by atoms with van der Waals surface area (Å²) in [5.41, 5.74) is 2.89. The lowest BCUT2D eigenvalue weighted by atomic mass is 10.1. The molecule has 0 saturated heterocycles. The molecular weight excluding hydrogens is 388 g/mol. The summed E-state index contributed by atoms with van der Waals surface area (Å²) in [7, 11) is 0. The molecule has 0 atom stereocenters. The molecular formula is C18H13BrN2O4. The van der Waals surface area contributed by atoms with Gasteiger partial charge in [0.15, 0.2) is 5.76 Å². The minimum atomic E-state index is -0.453. The van der Waals surface area contributed by atoms with Crippen LogP contribution in [0.1, 0.15) is 21.7 Å². The summed E-state index contributed by atoms with van der Waals surface area (Å²) in [6, 6.07) is 10.2. The molecule has 7 heteroatoms. The molecule has 0 radical (unpaired) electrons. The molecule has 1 aromatic heterocycles. The van der Waals surface area contributed by atoms with Gasteiger partial charge in [-0.2, -0.15) is 0 Å². The Balaban J connectivity index is 1.78. The van der Waals surface area contributed by atoms with Crippen molar-refractivity contribution < 1.29 is 14.1 Å². The van der Waals surface area contributed by atoms with Crippen LogP contribution >= 0.6 is 15.9 Å². The van der Waals surface area contributed by atoms with Crippen LogP contribution in [0.4, 0.5) is 11.4 Å². The summed E-state index contributed by atoms with van der Waals surface area (Å²) in [5.74, 6) is -0.00322. The van der Waals surface area contributed by atoms with Gasteiger partial charge in [-0.15, -0.1) is 0 Å². The van der Waals surface area contributed by atoms with Gasteiger partial charge in [0.25, 0.3) is 11.6 Å². The maximum atomic E-state index is 13.0. The summed E-state index contributed by atoms with van der Waals surface area (Å²) in [6.07, 6.45) is 0.671. The number of anilines is 1. The third kappa shape index (κ3) is 2.51. The Morgan fingerprint density at radius 3 is 2.84 bits per heavy atom. The third-order valence-corrected chi connectivity index (χ3v) is 5.01. The van der Waals surface area contributed by atoms with E-state index >= 15 is 0 Å². The molecule has 2 aromatic carbocycles. The molecule has 1 aliphatic heterocycles. The highest BCUT2D eigenvalue weighted by Gasteiger charge is 2.30. The van der Waals surface area contributed by atoms with Gasteiger partial charge in [-0.05, 0) is 37.1 Å². The van der Waals surface area contributed by atoms with Crippen molar-refractivity contribution in [2.45, 2.75) is 13.3 Å². The van der Waals surface area contributed by atoms with Gasteiger partial charge in [-0.3, -0.25) is 14.9 Å². The van der Waals surface area contributed by atoms with Crippen LogP contribution in [0, 0.1) is 17.0 Å². The summed E-state index contributed by atoms with van der Waals surface area (Å²) < 4.78 is 6.68. The number of carbonyl (C=O) groups excluding carboxylic acids is 1. The predicted molar refractivity (Wildman–Crippen MR) is 97.1 cm³/mol. The van der Waals surface area contributed by atoms with Gasteiger partial charge in [0, 0.05) is 34.1 Å². The molecule has 4 rings (SSSR count). The normalized spacial score (nSPS) is 13.3. The Labute approximate surface area is 151 Å². The highest BCUT2D eigenvalue weighted by atomic mass is 79.9. The Bertz CT molecular complexity index is 1040. The molecule has 0 fully saturated rings. The van der Waals surface area contributed by atoms with E-state index in [9.17, 15) is 14.9 Å². The lowest BCUT2D eigenvalue weighted by molar-refractivity contribution is -0.384. The molecule has 2 heterocycles. The van der Waals surface area contributed by atoms with Gasteiger partial charge in [0.2, 0.25) is 0 Å². The van der Waals surface area contributed by atoms with E-state index in [1.807, 2.05) is 25.1 Å². The van der Waals surface area contributed by atoms with E-state index in [4.69, 9.17) is 4.42 Å². The minimum Gasteiger partial charge on any atom is -0.451 e. The van der Waals surface area contributed by atoms with Gasteiger partial charge >= 0.3 is 0 Å². The molecule has 1 aliphatic rings. The topological polar surface area (TPSA) is 76.6 Å². The largest absolute Gasteiger partial charge is 0.451 e. The second-order valence-electron chi connectivity index (χ2n) is 5.97. The first-order valence-electron chi connectivity index (χ1n) is 7.73. The fraction of sp³-hybridized carbons (Fsp3) is 0.167. The number of nitrogens with zero attached hydrogens (tertiary/aromatic N) is 2. The number of nitro groups is 1. The third-order valence-electron chi connectivity index (χ3n) is 4.51. The van der Waals surface area contributed by atoms with Crippen LogP contribution in [-0.2, 0) is 6.42 Å². The van der Waals surface area contributed by atoms with Crippen molar-refractivity contribution in [3.05, 3.63) is 67.9 Å². The maximum Gasteiger partial charge on any atom is 0.294 e. The quantitative estimate of drug-likeness (QED) is 0.464. The van der Waals surface area contributed by atoms with Crippen LogP contribution in [0.3, 0.4) is 0 Å². The number of non-ortho nitro benzene ring substituents is 1. The molecule has 25 heavy (non-hydrogen) atoms. The SMILES string of the molecule is Cc1c(C(=O)N2CCc3ccc([N+](=O)[O-])cc32)oc2ccc(Br)cc12. The molecule has 0 N–H and O–H groups in total. The average Bonchev–Trinajstić information content (AvgIpc) is 3.15. The Morgan fingerprint density at radius 1 is 1.28 bits per heavy atom. The molecule has 126 valence electrons. The highest BCUT2D eigenvalue weighted by molar-refractivity contribution is 9.10. The number of aryl methyl sites for hydroxylation is 1. The standard InChI is InChI=1S/C18H13BrN2O4/c1-10-14-8-12(19)3-5-16(14)25-17(10)18(22)20-7-6-11-2-4-13(21(23)24)9-15(11)20/h2-5,8-9H,6-7H2,1H3. The number of nitro benzene ring substituents is 1. The fourth-order valence-electron chi connectivity index (χ4n) is 3.21. The van der Waals surface area contributed by atoms with Gasteiger partial charge in [-0.25, -0.2) is 0 Å². The first-order valence-corrected chi connectivity index (χ1v) is 8.53. The summed E-state index contributed by atoms with van der Waals surface area (Å²) in [4.78, 5) is 25.2. The smallest absolute Gasteiger partial charge is 0.294 e. The molecule has 0 bridgehead atoms. The lowest BCUT2D eigenvalue weighted by Crippen LogP contribution is -2.29. The Morgan fingerprint density at radius 2 is 2.08 bits per heavy atom. The molecule has 6 nitrogen and oxygen atoms in total. The van der Waals surface area contributed by atoms with Crippen molar-refractivity contribution in [1.82, 2.24) is 0 Å². The van der Waals surface area contributed by atoms with E-state index in [-0.39, 0.29) is 17.4 Å². The summed E-state index contributed by atoms with van der Waals surface area (Å²) in [5, 5.41) is 11.9. The Hall–Kier alpha value is -2.67. The molecule has 0 spiro atoms. The van der Waals surface area contributed by atoms with E-state index < -0.39 is 4.92 Å². The van der Waals surface area contributed by atoms with Crippen molar-refractivity contribution in [1.29, 1.82) is 0 Å². The zero-order valence-corrected chi connectivity index (χ0v) is 14.9. The van der Waals surface area contributed by atoms with Crippen LogP contribution in [0.15, 0.2) is 45.3 Å². The molecule has 0 saturated carbocycles. The van der Waals surface area contributed by atoms with E-state index in [2.05, 4.69) is 15.9 Å². The van der Waals surface area contributed by atoms with E-state index in [1.54, 1.807) is 11.0 Å². The second-order valence-corrected chi connectivity index (χ2v) is 6.89. The minimum absolute atomic E-state index is 0.0243. The monoisotopic (exact) mass is 400 g/mol. The number of furan rings is 1. The van der Waals surface area contributed by atoms with Crippen LogP contribution < -0.4 is 4.90 Å². The van der Waals surface area contributed by atoms with Gasteiger partial charge in [-0.1, -0.05) is 22.0 Å². The number of carbonyl (C=O) groups is 1. The van der Waals surface area contributed by atoms with Crippen molar-refractivity contribution in [3.63, 3.8) is 0 Å².